The molecule has 0 unspecified atom stereocenters. The van der Waals surface area contributed by atoms with Crippen molar-refractivity contribution in [1.82, 2.24) is 14.0 Å². The molecule has 114 valence electrons. The van der Waals surface area contributed by atoms with Crippen LogP contribution in [0.2, 0.25) is 0 Å². The highest BCUT2D eigenvalue weighted by molar-refractivity contribution is 7.23. The van der Waals surface area contributed by atoms with Crippen LogP contribution in [0.4, 0.5) is 0 Å². The lowest BCUT2D eigenvalue weighted by molar-refractivity contribution is 0.415. The maximum absolute atomic E-state index is 12.8. The van der Waals surface area contributed by atoms with Crippen molar-refractivity contribution in [2.75, 3.05) is 7.11 Å². The number of aromatic nitrogens is 3. The van der Waals surface area contributed by atoms with Gasteiger partial charge in [-0.1, -0.05) is 29.5 Å². The van der Waals surface area contributed by atoms with E-state index in [1.165, 1.54) is 15.7 Å². The fraction of sp³-hybridized carbons (Fsp3) is 0.0625. The Balaban J connectivity index is 2.13. The molecule has 0 aliphatic heterocycles. The molecule has 0 amide bonds. The Hall–Kier alpha value is -2.93. The van der Waals surface area contributed by atoms with Crippen molar-refractivity contribution in [3.8, 4) is 11.4 Å². The number of para-hydroxylation sites is 1. The highest BCUT2D eigenvalue weighted by Crippen LogP contribution is 2.27. The normalized spacial score (nSPS) is 11.2. The quantitative estimate of drug-likeness (QED) is 0.566. The van der Waals surface area contributed by atoms with Crippen LogP contribution in [-0.4, -0.2) is 21.1 Å². The second kappa shape index (κ2) is 5.06. The second-order valence-corrected chi connectivity index (χ2v) is 5.91. The molecule has 2 aromatic carbocycles. The smallest absolute Gasteiger partial charge is 0.359 e. The van der Waals surface area contributed by atoms with Crippen molar-refractivity contribution in [2.24, 2.45) is 0 Å². The summed E-state index contributed by atoms with van der Waals surface area (Å²) in [5.41, 5.74) is 0.188. The molecule has 0 radical (unpaired) electrons. The van der Waals surface area contributed by atoms with Crippen molar-refractivity contribution in [3.63, 3.8) is 0 Å². The molecule has 23 heavy (non-hydrogen) atoms. The van der Waals surface area contributed by atoms with Crippen LogP contribution in [0.25, 0.3) is 20.9 Å². The predicted molar refractivity (Wildman–Crippen MR) is 89.0 cm³/mol. The number of hydrogen-bond donors (Lipinski definition) is 0. The zero-order valence-corrected chi connectivity index (χ0v) is 12.9. The average Bonchev–Trinajstić information content (AvgIpc) is 2.92. The molecule has 0 N–H and O–H groups in total. The molecule has 0 fully saturated rings. The zero-order chi connectivity index (χ0) is 16.0. The fourth-order valence-electron chi connectivity index (χ4n) is 2.50. The molecule has 7 heteroatoms. The van der Waals surface area contributed by atoms with Gasteiger partial charge in [-0.15, -0.1) is 0 Å². The highest BCUT2D eigenvalue weighted by atomic mass is 32.1. The molecular weight excluding hydrogens is 314 g/mol. The summed E-state index contributed by atoms with van der Waals surface area (Å²) in [5.74, 6) is 0.690. The number of fused-ring (bicyclic) bond motifs is 3. The lowest BCUT2D eigenvalue weighted by atomic mass is 10.3. The van der Waals surface area contributed by atoms with Gasteiger partial charge in [0.25, 0.3) is 0 Å². The van der Waals surface area contributed by atoms with E-state index in [1.54, 1.807) is 43.5 Å². The van der Waals surface area contributed by atoms with E-state index in [0.717, 1.165) is 9.27 Å². The summed E-state index contributed by atoms with van der Waals surface area (Å²) in [4.78, 5) is 29.5. The molecule has 2 aromatic heterocycles. The Morgan fingerprint density at radius 2 is 1.87 bits per heavy atom. The monoisotopic (exact) mass is 325 g/mol. The first kappa shape index (κ1) is 13.7. The van der Waals surface area contributed by atoms with E-state index in [1.807, 2.05) is 12.1 Å². The molecule has 0 aliphatic carbocycles. The third kappa shape index (κ3) is 2.05. The van der Waals surface area contributed by atoms with Crippen LogP contribution < -0.4 is 16.1 Å². The van der Waals surface area contributed by atoms with Crippen molar-refractivity contribution in [2.45, 2.75) is 0 Å². The molecule has 0 spiro atoms. The van der Waals surface area contributed by atoms with Gasteiger partial charge < -0.3 is 4.74 Å². The van der Waals surface area contributed by atoms with Crippen molar-refractivity contribution >= 4 is 26.5 Å². The zero-order valence-electron chi connectivity index (χ0n) is 12.1. The summed E-state index contributed by atoms with van der Waals surface area (Å²) in [6.45, 7) is 0. The minimum absolute atomic E-state index is 0.371. The number of benzene rings is 2. The Morgan fingerprint density at radius 3 is 2.61 bits per heavy atom. The van der Waals surface area contributed by atoms with E-state index < -0.39 is 11.4 Å². The Morgan fingerprint density at radius 1 is 1.09 bits per heavy atom. The number of hydrogen-bond acceptors (Lipinski definition) is 5. The third-order valence-corrected chi connectivity index (χ3v) is 4.58. The van der Waals surface area contributed by atoms with Crippen LogP contribution in [0.1, 0.15) is 0 Å². The number of nitrogens with zero attached hydrogens (tertiary/aromatic N) is 3. The average molecular weight is 325 g/mol. The first-order valence-electron chi connectivity index (χ1n) is 6.87. The number of methoxy groups -OCH3 is 1. The summed E-state index contributed by atoms with van der Waals surface area (Å²) in [5, 5.41) is 0. The SMILES string of the molecule is COc1ccc2c(c1)sc1nc(=O)n(-c3ccccc3)c(=O)n12. The first-order chi connectivity index (χ1) is 11.2. The van der Waals surface area contributed by atoms with E-state index in [0.29, 0.717) is 21.9 Å². The van der Waals surface area contributed by atoms with Crippen LogP contribution in [-0.2, 0) is 0 Å². The van der Waals surface area contributed by atoms with Crippen molar-refractivity contribution in [3.05, 3.63) is 69.5 Å². The largest absolute Gasteiger partial charge is 0.497 e. The van der Waals surface area contributed by atoms with Gasteiger partial charge >= 0.3 is 11.4 Å². The molecule has 4 aromatic rings. The molecule has 0 saturated heterocycles. The van der Waals surface area contributed by atoms with E-state index in [4.69, 9.17) is 4.74 Å². The van der Waals surface area contributed by atoms with Crippen LogP contribution >= 0.6 is 11.3 Å². The lowest BCUT2D eigenvalue weighted by Crippen LogP contribution is -2.37. The second-order valence-electron chi connectivity index (χ2n) is 4.90. The number of thiazole rings is 1. The highest BCUT2D eigenvalue weighted by Gasteiger charge is 2.14. The molecule has 4 rings (SSSR count). The summed E-state index contributed by atoms with van der Waals surface area (Å²) >= 11 is 1.28. The number of ether oxygens (including phenoxy) is 1. The van der Waals surface area contributed by atoms with Gasteiger partial charge in [0, 0.05) is 0 Å². The van der Waals surface area contributed by atoms with Gasteiger partial charge in [0.05, 0.1) is 23.0 Å². The Bertz CT molecular complexity index is 1140. The van der Waals surface area contributed by atoms with Crippen LogP contribution in [0.15, 0.2) is 58.1 Å². The summed E-state index contributed by atoms with van der Waals surface area (Å²) in [7, 11) is 1.58. The maximum Gasteiger partial charge on any atom is 0.359 e. The van der Waals surface area contributed by atoms with E-state index in [2.05, 4.69) is 4.98 Å². The standard InChI is InChI=1S/C16H11N3O3S/c1-22-11-7-8-12-13(9-11)23-15-17-14(20)18(16(21)19(12)15)10-5-3-2-4-6-10/h2-9H,1H3. The minimum atomic E-state index is -0.584. The molecule has 2 heterocycles. The van der Waals surface area contributed by atoms with Gasteiger partial charge in [0.1, 0.15) is 5.75 Å². The molecule has 0 saturated carbocycles. The van der Waals surface area contributed by atoms with Crippen molar-refractivity contribution in [1.29, 1.82) is 0 Å². The van der Waals surface area contributed by atoms with Crippen LogP contribution in [0, 0.1) is 0 Å². The van der Waals surface area contributed by atoms with Gasteiger partial charge in [-0.2, -0.15) is 4.98 Å². The third-order valence-electron chi connectivity index (χ3n) is 3.58. The maximum atomic E-state index is 12.8. The van der Waals surface area contributed by atoms with E-state index in [-0.39, 0.29) is 0 Å². The Kier molecular flexibility index (Phi) is 3.02. The van der Waals surface area contributed by atoms with Gasteiger partial charge in [-0.25, -0.2) is 18.6 Å². The molecule has 0 bridgehead atoms. The predicted octanol–water partition coefficient (Wildman–Crippen LogP) is 2.07. The van der Waals surface area contributed by atoms with Gasteiger partial charge in [-0.05, 0) is 30.3 Å². The van der Waals surface area contributed by atoms with E-state index >= 15 is 0 Å². The summed E-state index contributed by atoms with van der Waals surface area (Å²) < 4.78 is 8.55. The minimum Gasteiger partial charge on any atom is -0.497 e. The molecule has 0 aliphatic rings. The first-order valence-corrected chi connectivity index (χ1v) is 7.68. The topological polar surface area (TPSA) is 65.6 Å². The molecule has 6 nitrogen and oxygen atoms in total. The van der Waals surface area contributed by atoms with E-state index in [9.17, 15) is 9.59 Å². The van der Waals surface area contributed by atoms with Gasteiger partial charge in [-0.3, -0.25) is 0 Å². The van der Waals surface area contributed by atoms with Crippen molar-refractivity contribution < 1.29 is 4.74 Å². The van der Waals surface area contributed by atoms with Gasteiger partial charge in [0.2, 0.25) is 4.96 Å². The van der Waals surface area contributed by atoms with Crippen LogP contribution in [0.3, 0.4) is 0 Å². The molecular formula is C16H11N3O3S. The lowest BCUT2D eigenvalue weighted by Gasteiger charge is -2.04. The van der Waals surface area contributed by atoms with Gasteiger partial charge in [0.15, 0.2) is 0 Å². The Labute approximate surface area is 133 Å². The number of rotatable bonds is 2. The van der Waals surface area contributed by atoms with Crippen LogP contribution in [0.5, 0.6) is 5.75 Å². The fourth-order valence-corrected chi connectivity index (χ4v) is 3.53. The summed E-state index contributed by atoms with van der Waals surface area (Å²) in [6, 6.07) is 14.2. The molecule has 0 atom stereocenters. The summed E-state index contributed by atoms with van der Waals surface area (Å²) in [6.07, 6.45) is 0.